The Labute approximate surface area is 120 Å². The number of phenolic OH excluding ortho intramolecular Hbond substituents is 2. The second-order valence-corrected chi connectivity index (χ2v) is 4.79. The second-order valence-electron chi connectivity index (χ2n) is 4.79. The Balaban J connectivity index is 2.08. The summed E-state index contributed by atoms with van der Waals surface area (Å²) in [6, 6.07) is 10.4. The summed E-state index contributed by atoms with van der Waals surface area (Å²) in [4.78, 5) is 23.1. The molecule has 0 amide bonds. The molecule has 0 aromatic heterocycles. The predicted molar refractivity (Wildman–Crippen MR) is 73.9 cm³/mol. The highest BCUT2D eigenvalue weighted by Crippen LogP contribution is 2.43. The number of benzene rings is 2. The van der Waals surface area contributed by atoms with Crippen LogP contribution in [0.25, 0.3) is 0 Å². The lowest BCUT2D eigenvalue weighted by Gasteiger charge is -2.26. The van der Waals surface area contributed by atoms with Gasteiger partial charge >= 0.3 is 0 Å². The van der Waals surface area contributed by atoms with Gasteiger partial charge in [0.05, 0.1) is 12.0 Å². The fourth-order valence-corrected chi connectivity index (χ4v) is 2.44. The average molecular weight is 284 g/mol. The fraction of sp³-hybridized carbons (Fsp3) is 0.125. The number of aromatic hydroxyl groups is 2. The first-order valence-corrected chi connectivity index (χ1v) is 6.40. The lowest BCUT2D eigenvalue weighted by Crippen LogP contribution is -2.20. The number of phenols is 2. The topological polar surface area (TPSA) is 83.8 Å². The van der Waals surface area contributed by atoms with Crippen LogP contribution in [0.1, 0.15) is 38.8 Å². The van der Waals surface area contributed by atoms with E-state index >= 15 is 0 Å². The second kappa shape index (κ2) is 4.94. The van der Waals surface area contributed by atoms with Gasteiger partial charge in [-0.2, -0.15) is 0 Å². The van der Waals surface area contributed by atoms with Crippen molar-refractivity contribution in [1.29, 1.82) is 0 Å². The minimum atomic E-state index is -0.531. The van der Waals surface area contributed by atoms with Crippen molar-refractivity contribution in [1.82, 2.24) is 0 Å². The molecule has 5 nitrogen and oxygen atoms in total. The molecule has 0 radical (unpaired) electrons. The van der Waals surface area contributed by atoms with Gasteiger partial charge in [0.15, 0.2) is 12.1 Å². The van der Waals surface area contributed by atoms with Crippen LogP contribution in [0.2, 0.25) is 0 Å². The van der Waals surface area contributed by atoms with Gasteiger partial charge in [-0.1, -0.05) is 30.3 Å². The summed E-state index contributed by atoms with van der Waals surface area (Å²) in [6.07, 6.45) is -0.109. The summed E-state index contributed by atoms with van der Waals surface area (Å²) in [7, 11) is 0. The number of carbonyl (C=O) groups is 2. The molecule has 0 bridgehead atoms. The maximum atomic E-state index is 12.2. The van der Waals surface area contributed by atoms with Gasteiger partial charge in [0.1, 0.15) is 28.9 Å². The van der Waals surface area contributed by atoms with Crippen molar-refractivity contribution in [3.05, 3.63) is 53.1 Å². The molecule has 5 heteroatoms. The highest BCUT2D eigenvalue weighted by Gasteiger charge is 2.32. The zero-order valence-electron chi connectivity index (χ0n) is 10.9. The Hall–Kier alpha value is -2.82. The number of fused-ring (bicyclic) bond motifs is 1. The Morgan fingerprint density at radius 2 is 1.90 bits per heavy atom. The number of carbonyl (C=O) groups excluding carboxylic acids is 2. The largest absolute Gasteiger partial charge is 0.507 e. The third-order valence-electron chi connectivity index (χ3n) is 3.49. The molecule has 106 valence electrons. The molecule has 2 N–H and O–H groups in total. The van der Waals surface area contributed by atoms with Crippen molar-refractivity contribution >= 4 is 12.1 Å². The van der Waals surface area contributed by atoms with E-state index < -0.39 is 17.6 Å². The number of Topliss-reactive ketones (excluding diaryl/α,β-unsaturated/α-hetero) is 1. The third-order valence-corrected chi connectivity index (χ3v) is 3.49. The molecule has 0 saturated carbocycles. The van der Waals surface area contributed by atoms with Crippen LogP contribution in [0.3, 0.4) is 0 Å². The zero-order valence-corrected chi connectivity index (χ0v) is 10.9. The summed E-state index contributed by atoms with van der Waals surface area (Å²) < 4.78 is 5.69. The van der Waals surface area contributed by atoms with Crippen LogP contribution in [-0.4, -0.2) is 22.3 Å². The van der Waals surface area contributed by atoms with Gasteiger partial charge in [-0.25, -0.2) is 0 Å². The number of rotatable bonds is 2. The quantitative estimate of drug-likeness (QED) is 0.828. The molecule has 0 spiro atoms. The van der Waals surface area contributed by atoms with Gasteiger partial charge < -0.3 is 14.9 Å². The maximum absolute atomic E-state index is 12.2. The summed E-state index contributed by atoms with van der Waals surface area (Å²) in [5.41, 5.74) is 0.473. The first-order chi connectivity index (χ1) is 10.1. The highest BCUT2D eigenvalue weighted by molar-refractivity contribution is 6.05. The van der Waals surface area contributed by atoms with Crippen molar-refractivity contribution in [2.24, 2.45) is 0 Å². The van der Waals surface area contributed by atoms with Crippen LogP contribution >= 0.6 is 0 Å². The van der Waals surface area contributed by atoms with Crippen LogP contribution < -0.4 is 4.74 Å². The van der Waals surface area contributed by atoms with Crippen molar-refractivity contribution in [2.45, 2.75) is 12.5 Å². The monoisotopic (exact) mass is 284 g/mol. The fourth-order valence-electron chi connectivity index (χ4n) is 2.44. The van der Waals surface area contributed by atoms with E-state index in [0.717, 1.165) is 5.56 Å². The summed E-state index contributed by atoms with van der Waals surface area (Å²) in [5.74, 6) is -1.19. The summed E-state index contributed by atoms with van der Waals surface area (Å²) >= 11 is 0. The Bertz CT molecular complexity index is 721. The van der Waals surface area contributed by atoms with Crippen molar-refractivity contribution in [3.63, 3.8) is 0 Å². The van der Waals surface area contributed by atoms with Gasteiger partial charge in [-0.3, -0.25) is 9.59 Å². The number of hydrogen-bond acceptors (Lipinski definition) is 5. The molecular weight excluding hydrogens is 272 g/mol. The molecule has 1 aliphatic heterocycles. The van der Waals surface area contributed by atoms with Crippen molar-refractivity contribution < 1.29 is 24.5 Å². The lowest BCUT2D eigenvalue weighted by molar-refractivity contribution is 0.0844. The van der Waals surface area contributed by atoms with Crippen molar-refractivity contribution in [2.75, 3.05) is 0 Å². The average Bonchev–Trinajstić information content (AvgIpc) is 2.47. The molecule has 2 aromatic rings. The number of ketones is 1. The first kappa shape index (κ1) is 13.2. The summed E-state index contributed by atoms with van der Waals surface area (Å²) in [6.45, 7) is 0. The molecule has 0 fully saturated rings. The van der Waals surface area contributed by atoms with E-state index in [9.17, 15) is 19.8 Å². The Morgan fingerprint density at radius 1 is 1.19 bits per heavy atom. The molecule has 2 aromatic carbocycles. The maximum Gasteiger partial charge on any atom is 0.174 e. The Morgan fingerprint density at radius 3 is 2.57 bits per heavy atom. The van der Waals surface area contributed by atoms with Crippen LogP contribution in [0, 0.1) is 0 Å². The van der Waals surface area contributed by atoms with Gasteiger partial charge in [0.2, 0.25) is 0 Å². The predicted octanol–water partition coefficient (Wildman–Crippen LogP) is 2.62. The van der Waals surface area contributed by atoms with Gasteiger partial charge in [0, 0.05) is 6.07 Å². The Kier molecular flexibility index (Phi) is 3.10. The van der Waals surface area contributed by atoms with Crippen LogP contribution in [0.5, 0.6) is 17.2 Å². The van der Waals surface area contributed by atoms with Gasteiger partial charge in [-0.05, 0) is 5.56 Å². The molecule has 0 unspecified atom stereocenters. The molecule has 0 aliphatic carbocycles. The van der Waals surface area contributed by atoms with E-state index in [1.165, 1.54) is 6.07 Å². The van der Waals surface area contributed by atoms with E-state index in [1.54, 1.807) is 0 Å². The van der Waals surface area contributed by atoms with E-state index in [0.29, 0.717) is 6.29 Å². The minimum Gasteiger partial charge on any atom is -0.507 e. The van der Waals surface area contributed by atoms with Gasteiger partial charge in [0.25, 0.3) is 0 Å². The third kappa shape index (κ3) is 2.12. The van der Waals surface area contributed by atoms with E-state index in [-0.39, 0.29) is 29.1 Å². The van der Waals surface area contributed by atoms with Crippen molar-refractivity contribution in [3.8, 4) is 17.2 Å². The standard InChI is InChI=1S/C16H12O5/c17-8-10-11(18)6-14-15(16(10)20)12(19)7-13(21-14)9-4-2-1-3-5-9/h1-6,8,13,18,20H,7H2/t13-/m1/s1. The molecule has 0 saturated heterocycles. The van der Waals surface area contributed by atoms with E-state index in [1.807, 2.05) is 30.3 Å². The van der Waals surface area contributed by atoms with E-state index in [4.69, 9.17) is 4.74 Å². The molecule has 1 atom stereocenters. The lowest BCUT2D eigenvalue weighted by atomic mass is 9.94. The summed E-state index contributed by atoms with van der Waals surface area (Å²) in [5, 5.41) is 19.7. The zero-order chi connectivity index (χ0) is 15.0. The van der Waals surface area contributed by atoms with Crippen LogP contribution in [0.15, 0.2) is 36.4 Å². The molecule has 3 rings (SSSR count). The van der Waals surface area contributed by atoms with Gasteiger partial charge in [-0.15, -0.1) is 0 Å². The first-order valence-electron chi connectivity index (χ1n) is 6.40. The SMILES string of the molecule is O=Cc1c(O)cc2c(c1O)C(=O)C[C@H](c1ccccc1)O2. The smallest absolute Gasteiger partial charge is 0.174 e. The van der Waals surface area contributed by atoms with E-state index in [2.05, 4.69) is 0 Å². The van der Waals surface area contributed by atoms with Crippen LogP contribution in [0.4, 0.5) is 0 Å². The van der Waals surface area contributed by atoms with Crippen LogP contribution in [-0.2, 0) is 0 Å². The number of hydrogen-bond donors (Lipinski definition) is 2. The number of ether oxygens (including phenoxy) is 1. The normalized spacial score (nSPS) is 17.0. The number of aldehydes is 1. The molecule has 1 aliphatic rings. The molecule has 21 heavy (non-hydrogen) atoms. The highest BCUT2D eigenvalue weighted by atomic mass is 16.5. The molecular formula is C16H12O5. The minimum absolute atomic E-state index is 0.0536. The molecule has 1 heterocycles.